The first-order valence-electron chi connectivity index (χ1n) is 7.03. The van der Waals surface area contributed by atoms with E-state index in [0.29, 0.717) is 24.1 Å². The van der Waals surface area contributed by atoms with Gasteiger partial charge in [-0.15, -0.1) is 0 Å². The van der Waals surface area contributed by atoms with Crippen molar-refractivity contribution in [3.05, 3.63) is 32.1 Å². The largest absolute Gasteiger partial charge is 0.394 e. The predicted octanol–water partition coefficient (Wildman–Crippen LogP) is -1.97. The lowest BCUT2D eigenvalue weighted by molar-refractivity contribution is -0.0566. The second-order valence-electron chi connectivity index (χ2n) is 5.50. The maximum Gasteiger partial charge on any atom is 0.330 e. The van der Waals surface area contributed by atoms with Gasteiger partial charge in [0.2, 0.25) is 0 Å². The number of ether oxygens (including phenoxy) is 1. The van der Waals surface area contributed by atoms with Gasteiger partial charge in [0, 0.05) is 11.3 Å². The van der Waals surface area contributed by atoms with Gasteiger partial charge in [-0.1, -0.05) is 0 Å². The van der Waals surface area contributed by atoms with Gasteiger partial charge in [0.15, 0.2) is 6.23 Å². The summed E-state index contributed by atoms with van der Waals surface area (Å²) in [6.07, 6.45) is -2.10. The molecule has 8 nitrogen and oxygen atoms in total. The van der Waals surface area contributed by atoms with Crippen LogP contribution in [0.15, 0.2) is 9.59 Å². The number of aliphatic hydroxyl groups excluding tert-OH is 3. The van der Waals surface area contributed by atoms with Gasteiger partial charge in [0.05, 0.1) is 6.61 Å². The molecule has 3 rings (SSSR count). The minimum Gasteiger partial charge on any atom is -0.394 e. The van der Waals surface area contributed by atoms with Crippen LogP contribution in [0.25, 0.3) is 0 Å². The predicted molar refractivity (Wildman–Crippen MR) is 71.0 cm³/mol. The van der Waals surface area contributed by atoms with Crippen LogP contribution in [0.2, 0.25) is 0 Å². The molecule has 0 saturated carbocycles. The maximum absolute atomic E-state index is 12.5. The fraction of sp³-hybridized carbons (Fsp3) is 0.692. The van der Waals surface area contributed by atoms with Crippen LogP contribution in [0.3, 0.4) is 0 Å². The van der Waals surface area contributed by atoms with Crippen molar-refractivity contribution in [3.8, 4) is 0 Å². The first-order valence-corrected chi connectivity index (χ1v) is 7.03. The van der Waals surface area contributed by atoms with Gasteiger partial charge in [0.25, 0.3) is 5.56 Å². The number of hydrogen-bond acceptors (Lipinski definition) is 6. The molecule has 1 aromatic heterocycles. The van der Waals surface area contributed by atoms with E-state index in [0.717, 1.165) is 17.4 Å². The second-order valence-corrected chi connectivity index (χ2v) is 5.50. The number of aromatic nitrogens is 2. The Labute approximate surface area is 119 Å². The summed E-state index contributed by atoms with van der Waals surface area (Å²) in [4.78, 5) is 27.2. The normalized spacial score (nSPS) is 32.1. The summed E-state index contributed by atoms with van der Waals surface area (Å²) in [7, 11) is 0. The van der Waals surface area contributed by atoms with Crippen molar-refractivity contribution in [3.63, 3.8) is 0 Å². The highest BCUT2D eigenvalue weighted by atomic mass is 16.6. The molecule has 1 aromatic rings. The third-order valence-electron chi connectivity index (χ3n) is 4.19. The standard InChI is InChI=1S/C13H18N2O6/c16-5-8-9(17)10(18)12(21-8)15-11(19)6-3-1-2-4-7(6)14-13(15)20/h8-10,12,16-18H,1-5H2,(H,14,20)/t8-,9-,10+,12-/m1/s1. The van der Waals surface area contributed by atoms with E-state index >= 15 is 0 Å². The van der Waals surface area contributed by atoms with E-state index in [-0.39, 0.29) is 0 Å². The summed E-state index contributed by atoms with van der Waals surface area (Å²) in [5.41, 5.74) is -0.00314. The summed E-state index contributed by atoms with van der Waals surface area (Å²) in [5.74, 6) is 0. The van der Waals surface area contributed by atoms with Gasteiger partial charge in [0.1, 0.15) is 18.3 Å². The van der Waals surface area contributed by atoms with Crippen LogP contribution in [0.4, 0.5) is 0 Å². The van der Waals surface area contributed by atoms with Crippen molar-refractivity contribution in [2.75, 3.05) is 6.61 Å². The Hall–Kier alpha value is -1.48. The number of nitrogens with zero attached hydrogens (tertiary/aromatic N) is 1. The quantitative estimate of drug-likeness (QED) is 0.502. The third kappa shape index (κ3) is 2.24. The van der Waals surface area contributed by atoms with Crippen LogP contribution in [-0.4, -0.2) is 49.8 Å². The summed E-state index contributed by atoms with van der Waals surface area (Å²) >= 11 is 0. The van der Waals surface area contributed by atoms with Crippen LogP contribution >= 0.6 is 0 Å². The van der Waals surface area contributed by atoms with Crippen molar-refractivity contribution < 1.29 is 20.1 Å². The van der Waals surface area contributed by atoms with Gasteiger partial charge in [-0.05, 0) is 25.7 Å². The van der Waals surface area contributed by atoms with E-state index in [4.69, 9.17) is 9.84 Å². The fourth-order valence-electron chi connectivity index (χ4n) is 3.03. The summed E-state index contributed by atoms with van der Waals surface area (Å²) in [6, 6.07) is 0. The highest BCUT2D eigenvalue weighted by molar-refractivity contribution is 5.20. The number of aliphatic hydroxyl groups is 3. The third-order valence-corrected chi connectivity index (χ3v) is 4.19. The van der Waals surface area contributed by atoms with Gasteiger partial charge in [-0.2, -0.15) is 0 Å². The van der Waals surface area contributed by atoms with Crippen molar-refractivity contribution in [1.82, 2.24) is 9.55 Å². The number of hydrogen-bond donors (Lipinski definition) is 4. The molecule has 1 aliphatic carbocycles. The Morgan fingerprint density at radius 1 is 1.19 bits per heavy atom. The Morgan fingerprint density at radius 2 is 1.90 bits per heavy atom. The van der Waals surface area contributed by atoms with Gasteiger partial charge in [-0.25, -0.2) is 9.36 Å². The minimum atomic E-state index is -1.44. The Morgan fingerprint density at radius 3 is 2.57 bits per heavy atom. The van der Waals surface area contributed by atoms with E-state index < -0.39 is 42.4 Å². The molecule has 0 bridgehead atoms. The topological polar surface area (TPSA) is 125 Å². The van der Waals surface area contributed by atoms with Crippen molar-refractivity contribution in [1.29, 1.82) is 0 Å². The lowest BCUT2D eigenvalue weighted by Gasteiger charge is -2.20. The first-order chi connectivity index (χ1) is 10.0. The zero-order valence-electron chi connectivity index (χ0n) is 11.4. The molecule has 0 radical (unpaired) electrons. The lowest BCUT2D eigenvalue weighted by Crippen LogP contribution is -2.45. The molecule has 4 atom stereocenters. The molecule has 0 unspecified atom stereocenters. The smallest absolute Gasteiger partial charge is 0.330 e. The van der Waals surface area contributed by atoms with E-state index in [1.165, 1.54) is 0 Å². The highest BCUT2D eigenvalue weighted by Crippen LogP contribution is 2.27. The highest BCUT2D eigenvalue weighted by Gasteiger charge is 2.44. The molecule has 0 spiro atoms. The Bertz CT molecular complexity index is 651. The zero-order chi connectivity index (χ0) is 15.1. The number of aromatic amines is 1. The second kappa shape index (κ2) is 5.38. The average Bonchev–Trinajstić information content (AvgIpc) is 2.75. The van der Waals surface area contributed by atoms with Crippen LogP contribution in [-0.2, 0) is 17.6 Å². The molecule has 21 heavy (non-hydrogen) atoms. The number of nitrogens with one attached hydrogen (secondary N) is 1. The molecule has 2 aliphatic rings. The van der Waals surface area contributed by atoms with Crippen LogP contribution in [0.5, 0.6) is 0 Å². The van der Waals surface area contributed by atoms with E-state index in [9.17, 15) is 19.8 Å². The van der Waals surface area contributed by atoms with E-state index in [1.807, 2.05) is 0 Å². The van der Waals surface area contributed by atoms with E-state index in [2.05, 4.69) is 4.98 Å². The molecule has 1 aliphatic heterocycles. The minimum absolute atomic E-state index is 0.497. The summed E-state index contributed by atoms with van der Waals surface area (Å²) in [6.45, 7) is -0.508. The molecule has 116 valence electrons. The molecule has 4 N–H and O–H groups in total. The Balaban J connectivity index is 2.07. The molecular formula is C13H18N2O6. The first kappa shape index (κ1) is 14.5. The van der Waals surface area contributed by atoms with Crippen LogP contribution in [0, 0.1) is 0 Å². The number of H-pyrrole nitrogens is 1. The molecule has 1 saturated heterocycles. The Kier molecular flexibility index (Phi) is 3.70. The maximum atomic E-state index is 12.5. The summed E-state index contributed by atoms with van der Waals surface area (Å²) in [5, 5.41) is 28.8. The summed E-state index contributed by atoms with van der Waals surface area (Å²) < 4.78 is 6.07. The van der Waals surface area contributed by atoms with E-state index in [1.54, 1.807) is 0 Å². The SMILES string of the molecule is O=c1[nH]c2c(c(=O)n1[C@@H]1O[C@H](CO)[C@@H](O)[C@@H]1O)CCCC2. The molecule has 1 fully saturated rings. The number of aryl methyl sites for hydroxylation is 1. The van der Waals surface area contributed by atoms with Gasteiger partial charge >= 0.3 is 5.69 Å². The van der Waals surface area contributed by atoms with Crippen molar-refractivity contribution in [2.45, 2.75) is 50.2 Å². The van der Waals surface area contributed by atoms with Crippen molar-refractivity contribution >= 4 is 0 Å². The fourth-order valence-corrected chi connectivity index (χ4v) is 3.03. The van der Waals surface area contributed by atoms with Crippen LogP contribution < -0.4 is 11.2 Å². The van der Waals surface area contributed by atoms with Gasteiger partial charge in [-0.3, -0.25) is 4.79 Å². The molecular weight excluding hydrogens is 280 g/mol. The average molecular weight is 298 g/mol. The monoisotopic (exact) mass is 298 g/mol. The molecule has 2 heterocycles. The molecule has 8 heteroatoms. The van der Waals surface area contributed by atoms with Crippen LogP contribution in [0.1, 0.15) is 30.3 Å². The molecule has 0 amide bonds. The number of fused-ring (bicyclic) bond motifs is 1. The lowest BCUT2D eigenvalue weighted by atomic mass is 9.97. The van der Waals surface area contributed by atoms with Gasteiger partial charge < -0.3 is 25.0 Å². The van der Waals surface area contributed by atoms with Crippen molar-refractivity contribution in [2.24, 2.45) is 0 Å². The molecule has 0 aromatic carbocycles. The zero-order valence-corrected chi connectivity index (χ0v) is 11.4. The number of rotatable bonds is 2.